The molecule has 142 valence electrons. The fraction of sp³-hybridized carbons (Fsp3) is 0.130. The third-order valence-electron chi connectivity index (χ3n) is 3.96. The van der Waals surface area contributed by atoms with Gasteiger partial charge in [-0.3, -0.25) is 9.59 Å². The Morgan fingerprint density at radius 1 is 0.786 bits per heavy atom. The summed E-state index contributed by atoms with van der Waals surface area (Å²) >= 11 is 1.69. The molecule has 0 saturated carbocycles. The quantitative estimate of drug-likeness (QED) is 0.337. The molecule has 0 aromatic heterocycles. The van der Waals surface area contributed by atoms with Crippen molar-refractivity contribution in [2.24, 2.45) is 0 Å². The van der Waals surface area contributed by atoms with Crippen LogP contribution in [0.5, 0.6) is 5.75 Å². The van der Waals surface area contributed by atoms with Gasteiger partial charge in [0.15, 0.2) is 12.4 Å². The molecule has 0 unspecified atom stereocenters. The summed E-state index contributed by atoms with van der Waals surface area (Å²) in [4.78, 5) is 25.4. The van der Waals surface area contributed by atoms with Gasteiger partial charge in [0, 0.05) is 28.3 Å². The maximum absolute atomic E-state index is 12.4. The van der Waals surface area contributed by atoms with E-state index in [0.29, 0.717) is 23.4 Å². The first-order valence-electron chi connectivity index (χ1n) is 8.99. The van der Waals surface area contributed by atoms with Crippen molar-refractivity contribution >= 4 is 23.5 Å². The van der Waals surface area contributed by atoms with E-state index in [1.165, 1.54) is 4.90 Å². The number of nitrogens with one attached hydrogen (secondary N) is 1. The molecule has 0 aliphatic carbocycles. The number of hydrogen-bond donors (Lipinski definition) is 1. The van der Waals surface area contributed by atoms with Crippen LogP contribution < -0.4 is 10.1 Å². The number of benzene rings is 3. The second-order valence-corrected chi connectivity index (χ2v) is 7.19. The molecule has 0 bridgehead atoms. The normalized spacial score (nSPS) is 10.3. The zero-order valence-electron chi connectivity index (χ0n) is 15.3. The molecule has 0 atom stereocenters. The minimum Gasteiger partial charge on any atom is -0.484 e. The van der Waals surface area contributed by atoms with E-state index in [1.807, 2.05) is 48.5 Å². The van der Waals surface area contributed by atoms with Crippen molar-refractivity contribution < 1.29 is 14.3 Å². The van der Waals surface area contributed by atoms with Crippen LogP contribution in [0.2, 0.25) is 0 Å². The van der Waals surface area contributed by atoms with Crippen LogP contribution in [0.4, 0.5) is 0 Å². The van der Waals surface area contributed by atoms with Gasteiger partial charge < -0.3 is 10.1 Å². The Morgan fingerprint density at radius 2 is 1.39 bits per heavy atom. The van der Waals surface area contributed by atoms with Crippen molar-refractivity contribution in [3.63, 3.8) is 0 Å². The fourth-order valence-electron chi connectivity index (χ4n) is 2.53. The summed E-state index contributed by atoms with van der Waals surface area (Å²) < 4.78 is 5.49. The van der Waals surface area contributed by atoms with Crippen LogP contribution in [0.1, 0.15) is 15.9 Å². The van der Waals surface area contributed by atoms with Gasteiger partial charge in [-0.05, 0) is 36.4 Å². The van der Waals surface area contributed by atoms with Crippen molar-refractivity contribution in [1.82, 2.24) is 5.32 Å². The molecule has 0 heterocycles. The zero-order valence-corrected chi connectivity index (χ0v) is 16.2. The molecule has 0 aliphatic heterocycles. The average molecular weight is 391 g/mol. The van der Waals surface area contributed by atoms with Gasteiger partial charge in [-0.15, -0.1) is 11.8 Å². The molecule has 5 heteroatoms. The molecule has 1 N–H and O–H groups in total. The van der Waals surface area contributed by atoms with Crippen LogP contribution in [0.3, 0.4) is 0 Å². The Bertz CT molecular complexity index is 896. The smallest absolute Gasteiger partial charge is 0.257 e. The molecule has 4 nitrogen and oxygen atoms in total. The van der Waals surface area contributed by atoms with Crippen LogP contribution in [0.15, 0.2) is 89.8 Å². The Kier molecular flexibility index (Phi) is 7.27. The third kappa shape index (κ3) is 5.99. The highest BCUT2D eigenvalue weighted by atomic mass is 32.2. The van der Waals surface area contributed by atoms with Gasteiger partial charge in [0.1, 0.15) is 5.75 Å². The highest BCUT2D eigenvalue weighted by molar-refractivity contribution is 7.99. The summed E-state index contributed by atoms with van der Waals surface area (Å²) in [5.41, 5.74) is 1.23. The molecule has 0 radical (unpaired) electrons. The lowest BCUT2D eigenvalue weighted by atomic mass is 10.0. The molecule has 0 aliphatic rings. The molecule has 3 rings (SSSR count). The topological polar surface area (TPSA) is 55.4 Å². The minimum atomic E-state index is -0.168. The van der Waals surface area contributed by atoms with Crippen molar-refractivity contribution in [1.29, 1.82) is 0 Å². The van der Waals surface area contributed by atoms with Crippen molar-refractivity contribution in [2.45, 2.75) is 4.90 Å². The van der Waals surface area contributed by atoms with Crippen molar-refractivity contribution in [3.05, 3.63) is 96.1 Å². The van der Waals surface area contributed by atoms with E-state index in [4.69, 9.17) is 4.74 Å². The third-order valence-corrected chi connectivity index (χ3v) is 4.97. The lowest BCUT2D eigenvalue weighted by molar-refractivity contribution is -0.122. The number of carbonyl (C=O) groups excluding carboxylic acids is 2. The predicted molar refractivity (Wildman–Crippen MR) is 112 cm³/mol. The summed E-state index contributed by atoms with van der Waals surface area (Å²) in [5.74, 6) is 1.14. The second kappa shape index (κ2) is 10.3. The number of carbonyl (C=O) groups is 2. The monoisotopic (exact) mass is 391 g/mol. The molecule has 0 fully saturated rings. The van der Waals surface area contributed by atoms with Gasteiger partial charge >= 0.3 is 0 Å². The standard InChI is InChI=1S/C23H21NO3S/c25-22(24-15-16-28-21-9-5-2-6-10-21)17-27-20-13-11-19(12-14-20)23(26)18-7-3-1-4-8-18/h1-14H,15-17H2,(H,24,25). The molecule has 1 amide bonds. The van der Waals surface area contributed by atoms with E-state index >= 15 is 0 Å². The number of thioether (sulfide) groups is 1. The average Bonchev–Trinajstić information content (AvgIpc) is 2.76. The number of ether oxygens (including phenoxy) is 1. The number of hydrogen-bond acceptors (Lipinski definition) is 4. The van der Waals surface area contributed by atoms with Gasteiger partial charge in [-0.1, -0.05) is 48.5 Å². The first-order valence-corrected chi connectivity index (χ1v) is 9.98. The van der Waals surface area contributed by atoms with Crippen LogP contribution in [0, 0.1) is 0 Å². The Morgan fingerprint density at radius 3 is 2.07 bits per heavy atom. The van der Waals surface area contributed by atoms with E-state index < -0.39 is 0 Å². The van der Waals surface area contributed by atoms with Crippen LogP contribution >= 0.6 is 11.8 Å². The Labute approximate surface area is 168 Å². The number of rotatable bonds is 9. The largest absolute Gasteiger partial charge is 0.484 e. The SMILES string of the molecule is O=C(COc1ccc(C(=O)c2ccccc2)cc1)NCCSc1ccccc1. The zero-order chi connectivity index (χ0) is 19.6. The van der Waals surface area contributed by atoms with Crippen LogP contribution in [0.25, 0.3) is 0 Å². The predicted octanol–water partition coefficient (Wildman–Crippen LogP) is 4.20. The summed E-state index contributed by atoms with van der Waals surface area (Å²) in [6, 6.07) is 26.0. The first kappa shape index (κ1) is 19.7. The maximum atomic E-state index is 12.4. The van der Waals surface area contributed by atoms with Crippen molar-refractivity contribution in [2.75, 3.05) is 18.9 Å². The summed E-state index contributed by atoms with van der Waals surface area (Å²) in [6.45, 7) is 0.522. The van der Waals surface area contributed by atoms with E-state index in [-0.39, 0.29) is 18.3 Å². The van der Waals surface area contributed by atoms with Crippen LogP contribution in [-0.4, -0.2) is 30.6 Å². The van der Waals surface area contributed by atoms with E-state index in [1.54, 1.807) is 48.2 Å². The Balaban J connectivity index is 1.39. The van der Waals surface area contributed by atoms with E-state index in [2.05, 4.69) is 5.32 Å². The minimum absolute atomic E-state index is 0.0409. The molecular formula is C23H21NO3S. The van der Waals surface area contributed by atoms with E-state index in [0.717, 1.165) is 5.75 Å². The lowest BCUT2D eigenvalue weighted by Gasteiger charge is -2.08. The maximum Gasteiger partial charge on any atom is 0.257 e. The molecule has 0 spiro atoms. The van der Waals surface area contributed by atoms with Gasteiger partial charge in [-0.2, -0.15) is 0 Å². The summed E-state index contributed by atoms with van der Waals surface area (Å²) in [7, 11) is 0. The van der Waals surface area contributed by atoms with Gasteiger partial charge in [0.25, 0.3) is 5.91 Å². The summed E-state index contributed by atoms with van der Waals surface area (Å²) in [5, 5.41) is 2.84. The van der Waals surface area contributed by atoms with Crippen molar-refractivity contribution in [3.8, 4) is 5.75 Å². The number of amides is 1. The molecular weight excluding hydrogens is 370 g/mol. The first-order chi connectivity index (χ1) is 13.7. The lowest BCUT2D eigenvalue weighted by Crippen LogP contribution is -2.30. The van der Waals surface area contributed by atoms with E-state index in [9.17, 15) is 9.59 Å². The summed E-state index contributed by atoms with van der Waals surface area (Å²) in [6.07, 6.45) is 0. The number of ketones is 1. The highest BCUT2D eigenvalue weighted by Crippen LogP contribution is 2.16. The van der Waals surface area contributed by atoms with Gasteiger partial charge in [0.05, 0.1) is 0 Å². The molecule has 3 aromatic rings. The molecule has 28 heavy (non-hydrogen) atoms. The fourth-order valence-corrected chi connectivity index (χ4v) is 3.32. The van der Waals surface area contributed by atoms with Gasteiger partial charge in [-0.25, -0.2) is 0 Å². The van der Waals surface area contributed by atoms with Crippen LogP contribution in [-0.2, 0) is 4.79 Å². The molecule has 0 saturated heterocycles. The second-order valence-electron chi connectivity index (χ2n) is 6.02. The Hall–Kier alpha value is -3.05. The highest BCUT2D eigenvalue weighted by Gasteiger charge is 2.09. The van der Waals surface area contributed by atoms with Gasteiger partial charge in [0.2, 0.25) is 0 Å². The molecule has 3 aromatic carbocycles.